The van der Waals surface area contributed by atoms with E-state index in [-0.39, 0.29) is 5.02 Å². The van der Waals surface area contributed by atoms with Crippen LogP contribution in [0.15, 0.2) is 30.7 Å². The lowest BCUT2D eigenvalue weighted by Crippen LogP contribution is -2.09. The Kier molecular flexibility index (Phi) is 4.77. The third-order valence-corrected chi connectivity index (χ3v) is 3.34. The van der Waals surface area contributed by atoms with Gasteiger partial charge in [0.25, 0.3) is 0 Å². The molecule has 114 valence electrons. The van der Waals surface area contributed by atoms with Gasteiger partial charge in [-0.15, -0.1) is 0 Å². The van der Waals surface area contributed by atoms with Crippen LogP contribution >= 0.6 is 11.6 Å². The molecule has 0 saturated heterocycles. The zero-order chi connectivity index (χ0) is 15.5. The van der Waals surface area contributed by atoms with Crippen molar-refractivity contribution in [3.05, 3.63) is 47.0 Å². The van der Waals surface area contributed by atoms with Crippen LogP contribution in [0.4, 0.5) is 18.9 Å². The van der Waals surface area contributed by atoms with Crippen molar-refractivity contribution in [2.45, 2.75) is 32.6 Å². The maximum atomic E-state index is 12.8. The van der Waals surface area contributed by atoms with E-state index in [2.05, 4.69) is 10.3 Å². The first-order valence-corrected chi connectivity index (χ1v) is 6.89. The van der Waals surface area contributed by atoms with Crippen LogP contribution in [0.5, 0.6) is 0 Å². The zero-order valence-corrected chi connectivity index (χ0v) is 12.2. The largest absolute Gasteiger partial charge is 0.417 e. The monoisotopic (exact) mass is 317 g/mol. The molecule has 0 atom stereocenters. The molecule has 0 aliphatic rings. The van der Waals surface area contributed by atoms with E-state index in [0.29, 0.717) is 12.2 Å². The van der Waals surface area contributed by atoms with Crippen molar-refractivity contribution in [2.75, 3.05) is 5.32 Å². The van der Waals surface area contributed by atoms with Crippen molar-refractivity contribution < 1.29 is 13.2 Å². The molecule has 0 aliphatic carbocycles. The Morgan fingerprint density at radius 3 is 2.76 bits per heavy atom. The van der Waals surface area contributed by atoms with Gasteiger partial charge in [-0.25, -0.2) is 4.98 Å². The molecule has 2 rings (SSSR count). The first-order chi connectivity index (χ1) is 9.91. The molecule has 0 unspecified atom stereocenters. The number of aryl methyl sites for hydroxylation is 1. The van der Waals surface area contributed by atoms with E-state index in [4.69, 9.17) is 11.6 Å². The van der Waals surface area contributed by atoms with Crippen molar-refractivity contribution in [1.29, 1.82) is 0 Å². The zero-order valence-electron chi connectivity index (χ0n) is 11.4. The number of hydrogen-bond acceptors (Lipinski definition) is 2. The van der Waals surface area contributed by atoms with Gasteiger partial charge in [-0.05, 0) is 24.6 Å². The van der Waals surface area contributed by atoms with Crippen LogP contribution in [0.25, 0.3) is 0 Å². The van der Waals surface area contributed by atoms with Crippen molar-refractivity contribution in [2.24, 2.45) is 0 Å². The highest BCUT2D eigenvalue weighted by molar-refractivity contribution is 6.31. The lowest BCUT2D eigenvalue weighted by Gasteiger charge is -2.13. The number of imidazole rings is 1. The number of nitrogens with one attached hydrogen (secondary N) is 1. The van der Waals surface area contributed by atoms with E-state index < -0.39 is 11.7 Å². The molecule has 0 saturated carbocycles. The fourth-order valence-corrected chi connectivity index (χ4v) is 2.21. The molecule has 0 spiro atoms. The van der Waals surface area contributed by atoms with E-state index in [0.717, 1.165) is 24.7 Å². The minimum Gasteiger partial charge on any atom is -0.379 e. The first-order valence-electron chi connectivity index (χ1n) is 6.51. The number of benzene rings is 1. The summed E-state index contributed by atoms with van der Waals surface area (Å²) in [4.78, 5) is 4.05. The quantitative estimate of drug-likeness (QED) is 0.875. The third kappa shape index (κ3) is 3.91. The molecular formula is C14H15ClF3N3. The SMILES string of the molecule is CCCn1cncc1CNc1ccc(Cl)c(C(F)(F)F)c1. The number of anilines is 1. The van der Waals surface area contributed by atoms with Gasteiger partial charge in [0, 0.05) is 18.4 Å². The Morgan fingerprint density at radius 1 is 1.33 bits per heavy atom. The molecule has 0 aliphatic heterocycles. The first kappa shape index (κ1) is 15.7. The van der Waals surface area contributed by atoms with Crippen LogP contribution in [0.3, 0.4) is 0 Å². The van der Waals surface area contributed by atoms with Crippen molar-refractivity contribution >= 4 is 17.3 Å². The van der Waals surface area contributed by atoms with E-state index in [1.165, 1.54) is 12.1 Å². The second kappa shape index (κ2) is 6.39. The number of aromatic nitrogens is 2. The van der Waals surface area contributed by atoms with Crippen LogP contribution in [0.2, 0.25) is 5.02 Å². The van der Waals surface area contributed by atoms with Crippen LogP contribution in [-0.4, -0.2) is 9.55 Å². The number of nitrogens with zero attached hydrogens (tertiary/aromatic N) is 2. The number of alkyl halides is 3. The lowest BCUT2D eigenvalue weighted by atomic mass is 10.2. The predicted molar refractivity (Wildman–Crippen MR) is 76.3 cm³/mol. The van der Waals surface area contributed by atoms with Crippen molar-refractivity contribution in [1.82, 2.24) is 9.55 Å². The summed E-state index contributed by atoms with van der Waals surface area (Å²) in [7, 11) is 0. The molecule has 0 bridgehead atoms. The number of rotatable bonds is 5. The van der Waals surface area contributed by atoms with E-state index in [9.17, 15) is 13.2 Å². The fraction of sp³-hybridized carbons (Fsp3) is 0.357. The Bertz CT molecular complexity index is 608. The number of hydrogen-bond donors (Lipinski definition) is 1. The summed E-state index contributed by atoms with van der Waals surface area (Å²) in [5.41, 5.74) is 0.451. The minimum absolute atomic E-state index is 0.302. The molecule has 2 aromatic rings. The smallest absolute Gasteiger partial charge is 0.379 e. The molecule has 21 heavy (non-hydrogen) atoms. The van der Waals surface area contributed by atoms with E-state index >= 15 is 0 Å². The standard InChI is InChI=1S/C14H15ClF3N3/c1-2-5-21-9-19-7-11(21)8-20-10-3-4-13(15)12(6-10)14(16,17)18/h3-4,6-7,9,20H,2,5,8H2,1H3. The van der Waals surface area contributed by atoms with Crippen LogP contribution < -0.4 is 5.32 Å². The highest BCUT2D eigenvalue weighted by atomic mass is 35.5. The molecule has 7 heteroatoms. The van der Waals surface area contributed by atoms with Gasteiger partial charge < -0.3 is 9.88 Å². The van der Waals surface area contributed by atoms with Gasteiger partial charge in [0.15, 0.2) is 0 Å². The molecule has 0 radical (unpaired) electrons. The van der Waals surface area contributed by atoms with Gasteiger partial charge in [0.1, 0.15) is 0 Å². The number of halogens is 4. The molecule has 1 heterocycles. The van der Waals surface area contributed by atoms with Crippen LogP contribution in [0.1, 0.15) is 24.6 Å². The molecule has 1 aromatic heterocycles. The maximum absolute atomic E-state index is 12.8. The average molecular weight is 318 g/mol. The Hall–Kier alpha value is -1.69. The van der Waals surface area contributed by atoms with Gasteiger partial charge in [-0.2, -0.15) is 13.2 Å². The molecule has 1 aromatic carbocycles. The maximum Gasteiger partial charge on any atom is 0.417 e. The molecular weight excluding hydrogens is 303 g/mol. The summed E-state index contributed by atoms with van der Waals surface area (Å²) in [6.45, 7) is 3.27. The summed E-state index contributed by atoms with van der Waals surface area (Å²) in [5.74, 6) is 0. The van der Waals surface area contributed by atoms with E-state index in [1.807, 2.05) is 11.5 Å². The average Bonchev–Trinajstić information content (AvgIpc) is 2.84. The molecule has 1 N–H and O–H groups in total. The van der Waals surface area contributed by atoms with Gasteiger partial charge in [-0.3, -0.25) is 0 Å². The molecule has 0 fully saturated rings. The lowest BCUT2D eigenvalue weighted by molar-refractivity contribution is -0.137. The normalized spacial score (nSPS) is 11.7. The Labute approximate surface area is 125 Å². The summed E-state index contributed by atoms with van der Waals surface area (Å²) >= 11 is 5.59. The summed E-state index contributed by atoms with van der Waals surface area (Å²) in [6.07, 6.45) is -0.0892. The van der Waals surface area contributed by atoms with Crippen molar-refractivity contribution in [3.63, 3.8) is 0 Å². The Balaban J connectivity index is 2.12. The Morgan fingerprint density at radius 2 is 2.10 bits per heavy atom. The fourth-order valence-electron chi connectivity index (χ4n) is 1.98. The summed E-state index contributed by atoms with van der Waals surface area (Å²) in [6, 6.07) is 3.79. The second-order valence-corrected chi connectivity index (χ2v) is 5.03. The highest BCUT2D eigenvalue weighted by Gasteiger charge is 2.33. The van der Waals surface area contributed by atoms with Crippen LogP contribution in [-0.2, 0) is 19.3 Å². The minimum atomic E-state index is -4.46. The van der Waals surface area contributed by atoms with Gasteiger partial charge in [0.2, 0.25) is 0 Å². The topological polar surface area (TPSA) is 29.9 Å². The van der Waals surface area contributed by atoms with Gasteiger partial charge >= 0.3 is 6.18 Å². The van der Waals surface area contributed by atoms with Crippen LogP contribution in [0, 0.1) is 0 Å². The molecule has 0 amide bonds. The summed E-state index contributed by atoms with van der Waals surface area (Å²) in [5, 5.41) is 2.66. The van der Waals surface area contributed by atoms with Gasteiger partial charge in [0.05, 0.1) is 29.2 Å². The molecule has 3 nitrogen and oxygen atoms in total. The summed E-state index contributed by atoms with van der Waals surface area (Å²) < 4.78 is 40.3. The van der Waals surface area contributed by atoms with Crippen molar-refractivity contribution in [3.8, 4) is 0 Å². The van der Waals surface area contributed by atoms with Gasteiger partial charge in [-0.1, -0.05) is 18.5 Å². The predicted octanol–water partition coefficient (Wildman–Crippen LogP) is 4.58. The third-order valence-electron chi connectivity index (χ3n) is 3.01. The second-order valence-electron chi connectivity index (χ2n) is 4.62. The highest BCUT2D eigenvalue weighted by Crippen LogP contribution is 2.36. The van der Waals surface area contributed by atoms with E-state index in [1.54, 1.807) is 12.5 Å².